The smallest absolute Gasteiger partial charge is 0.286 e. The Labute approximate surface area is 111 Å². The normalized spacial score (nSPS) is 16.2. The summed E-state index contributed by atoms with van der Waals surface area (Å²) in [4.78, 5) is 28.6. The zero-order valence-corrected chi connectivity index (χ0v) is 10.8. The van der Waals surface area contributed by atoms with Gasteiger partial charge < -0.3 is 0 Å². The van der Waals surface area contributed by atoms with Crippen LogP contribution in [-0.2, 0) is 4.79 Å². The standard InChI is InChI=1S/C11H9BrN4O2/c12-7-1-3-15-8(5-7)13-6-10(15)16-4-2-9(17)14-11(16)18/h1,3,5-6H,2,4H2,(H,14,17,18). The first kappa shape index (κ1) is 11.2. The molecule has 1 N–H and O–H groups in total. The third kappa shape index (κ3) is 1.76. The van der Waals surface area contributed by atoms with E-state index in [1.165, 1.54) is 4.90 Å². The fourth-order valence-electron chi connectivity index (χ4n) is 1.92. The number of aromatic nitrogens is 2. The lowest BCUT2D eigenvalue weighted by atomic mass is 10.3. The molecule has 3 rings (SSSR count). The Morgan fingerprint density at radius 2 is 2.22 bits per heavy atom. The van der Waals surface area contributed by atoms with E-state index >= 15 is 0 Å². The maximum atomic E-state index is 11.8. The number of nitrogens with zero attached hydrogens (tertiary/aromatic N) is 3. The predicted octanol–water partition coefficient (Wildman–Crippen LogP) is 1.54. The molecule has 2 aromatic heterocycles. The second kappa shape index (κ2) is 4.09. The lowest BCUT2D eigenvalue weighted by Gasteiger charge is -2.25. The largest absolute Gasteiger partial charge is 0.329 e. The van der Waals surface area contributed by atoms with Gasteiger partial charge in [0.05, 0.1) is 6.20 Å². The number of imidazole rings is 1. The van der Waals surface area contributed by atoms with Crippen LogP contribution in [-0.4, -0.2) is 27.9 Å². The van der Waals surface area contributed by atoms with Crippen molar-refractivity contribution in [2.75, 3.05) is 11.4 Å². The molecule has 0 saturated carbocycles. The first-order chi connectivity index (χ1) is 8.65. The molecule has 0 radical (unpaired) electrons. The number of imide groups is 1. The minimum atomic E-state index is -0.407. The Kier molecular flexibility index (Phi) is 2.55. The van der Waals surface area contributed by atoms with E-state index in [4.69, 9.17) is 0 Å². The first-order valence-corrected chi connectivity index (χ1v) is 6.18. The number of hydrogen-bond donors (Lipinski definition) is 1. The second-order valence-electron chi connectivity index (χ2n) is 3.94. The highest BCUT2D eigenvalue weighted by molar-refractivity contribution is 9.10. The van der Waals surface area contributed by atoms with Gasteiger partial charge in [0.15, 0.2) is 0 Å². The number of amides is 3. The summed E-state index contributed by atoms with van der Waals surface area (Å²) < 4.78 is 2.73. The lowest BCUT2D eigenvalue weighted by Crippen LogP contribution is -2.50. The van der Waals surface area contributed by atoms with Crippen molar-refractivity contribution in [1.82, 2.24) is 14.7 Å². The number of carbonyl (C=O) groups excluding carboxylic acids is 2. The van der Waals surface area contributed by atoms with Crippen LogP contribution in [0.25, 0.3) is 5.65 Å². The van der Waals surface area contributed by atoms with Gasteiger partial charge in [-0.05, 0) is 12.1 Å². The number of fused-ring (bicyclic) bond motifs is 1. The number of carbonyl (C=O) groups is 2. The number of anilines is 1. The monoisotopic (exact) mass is 308 g/mol. The van der Waals surface area contributed by atoms with Gasteiger partial charge in [-0.25, -0.2) is 9.78 Å². The van der Waals surface area contributed by atoms with E-state index in [0.717, 1.165) is 10.1 Å². The molecule has 1 fully saturated rings. The topological polar surface area (TPSA) is 66.7 Å². The Balaban J connectivity index is 2.04. The molecule has 0 aromatic carbocycles. The summed E-state index contributed by atoms with van der Waals surface area (Å²) in [5, 5.41) is 2.29. The van der Waals surface area contributed by atoms with Crippen LogP contribution in [0.3, 0.4) is 0 Å². The van der Waals surface area contributed by atoms with E-state index in [9.17, 15) is 9.59 Å². The predicted molar refractivity (Wildman–Crippen MR) is 68.4 cm³/mol. The SMILES string of the molecule is O=C1CCN(c2cnc3cc(Br)ccn23)C(=O)N1. The van der Waals surface area contributed by atoms with Crippen LogP contribution in [0.4, 0.5) is 10.6 Å². The number of hydrogen-bond acceptors (Lipinski definition) is 3. The fraction of sp³-hybridized carbons (Fsp3) is 0.182. The van der Waals surface area contributed by atoms with E-state index in [1.54, 1.807) is 10.6 Å². The third-order valence-electron chi connectivity index (χ3n) is 2.79. The Hall–Kier alpha value is -1.89. The summed E-state index contributed by atoms with van der Waals surface area (Å²) in [6.45, 7) is 0.370. The molecule has 3 heterocycles. The summed E-state index contributed by atoms with van der Waals surface area (Å²) in [6, 6.07) is 3.32. The summed E-state index contributed by atoms with van der Waals surface area (Å²) in [7, 11) is 0. The Morgan fingerprint density at radius 1 is 1.39 bits per heavy atom. The number of urea groups is 1. The number of halogens is 1. The zero-order chi connectivity index (χ0) is 12.7. The van der Waals surface area contributed by atoms with Crippen molar-refractivity contribution in [3.8, 4) is 0 Å². The van der Waals surface area contributed by atoms with Crippen molar-refractivity contribution >= 4 is 39.3 Å². The number of nitrogens with one attached hydrogen (secondary N) is 1. The molecule has 18 heavy (non-hydrogen) atoms. The Bertz CT molecular complexity index is 652. The molecular formula is C11H9BrN4O2. The number of rotatable bonds is 1. The molecule has 0 bridgehead atoms. The molecule has 3 amide bonds. The van der Waals surface area contributed by atoms with Crippen LogP contribution in [0.15, 0.2) is 29.0 Å². The Morgan fingerprint density at radius 3 is 3.00 bits per heavy atom. The quantitative estimate of drug-likeness (QED) is 0.869. The maximum absolute atomic E-state index is 11.8. The van der Waals surface area contributed by atoms with Gasteiger partial charge in [-0.3, -0.25) is 19.4 Å². The van der Waals surface area contributed by atoms with E-state index in [-0.39, 0.29) is 5.91 Å². The average Bonchev–Trinajstić information content (AvgIpc) is 2.72. The molecule has 0 spiro atoms. The van der Waals surface area contributed by atoms with Crippen LogP contribution < -0.4 is 10.2 Å². The van der Waals surface area contributed by atoms with Gasteiger partial charge in [0.25, 0.3) is 0 Å². The van der Waals surface area contributed by atoms with E-state index in [1.807, 2.05) is 18.3 Å². The number of pyridine rings is 1. The van der Waals surface area contributed by atoms with Crippen molar-refractivity contribution in [3.63, 3.8) is 0 Å². The van der Waals surface area contributed by atoms with Crippen LogP contribution >= 0.6 is 15.9 Å². The van der Waals surface area contributed by atoms with Crippen molar-refractivity contribution in [2.24, 2.45) is 0 Å². The second-order valence-corrected chi connectivity index (χ2v) is 4.86. The minimum absolute atomic E-state index is 0.243. The van der Waals surface area contributed by atoms with Gasteiger partial charge >= 0.3 is 6.03 Å². The molecule has 1 aliphatic heterocycles. The first-order valence-electron chi connectivity index (χ1n) is 5.39. The molecule has 0 aliphatic carbocycles. The summed E-state index contributed by atoms with van der Waals surface area (Å²) in [5.41, 5.74) is 0.740. The van der Waals surface area contributed by atoms with Crippen LogP contribution in [0, 0.1) is 0 Å². The van der Waals surface area contributed by atoms with Crippen molar-refractivity contribution < 1.29 is 9.59 Å². The molecule has 7 heteroatoms. The molecule has 0 unspecified atom stereocenters. The molecule has 6 nitrogen and oxygen atoms in total. The van der Waals surface area contributed by atoms with Gasteiger partial charge in [-0.2, -0.15) is 0 Å². The highest BCUT2D eigenvalue weighted by Gasteiger charge is 2.26. The van der Waals surface area contributed by atoms with Crippen molar-refractivity contribution in [3.05, 3.63) is 29.0 Å². The zero-order valence-electron chi connectivity index (χ0n) is 9.26. The highest BCUT2D eigenvalue weighted by Crippen LogP contribution is 2.21. The maximum Gasteiger partial charge on any atom is 0.329 e. The lowest BCUT2D eigenvalue weighted by molar-refractivity contribution is -0.120. The molecule has 92 valence electrons. The summed E-state index contributed by atoms with van der Waals surface area (Å²) >= 11 is 3.37. The molecule has 2 aromatic rings. The third-order valence-corrected chi connectivity index (χ3v) is 3.28. The van der Waals surface area contributed by atoms with Gasteiger partial charge in [-0.1, -0.05) is 15.9 Å². The van der Waals surface area contributed by atoms with E-state index < -0.39 is 6.03 Å². The van der Waals surface area contributed by atoms with Crippen LogP contribution in [0.1, 0.15) is 6.42 Å². The van der Waals surface area contributed by atoms with Crippen LogP contribution in [0.5, 0.6) is 0 Å². The van der Waals surface area contributed by atoms with E-state index in [2.05, 4.69) is 26.2 Å². The summed E-state index contributed by atoms with van der Waals surface area (Å²) in [6.07, 6.45) is 3.75. The van der Waals surface area contributed by atoms with Gasteiger partial charge in [0, 0.05) is 23.6 Å². The summed E-state index contributed by atoms with van der Waals surface area (Å²) in [5.74, 6) is 0.412. The minimum Gasteiger partial charge on any atom is -0.286 e. The molecule has 0 atom stereocenters. The van der Waals surface area contributed by atoms with Crippen LogP contribution in [0.2, 0.25) is 0 Å². The van der Waals surface area contributed by atoms with Crippen molar-refractivity contribution in [1.29, 1.82) is 0 Å². The van der Waals surface area contributed by atoms with Crippen molar-refractivity contribution in [2.45, 2.75) is 6.42 Å². The molecular weight excluding hydrogens is 300 g/mol. The van der Waals surface area contributed by atoms with Gasteiger partial charge in [-0.15, -0.1) is 0 Å². The van der Waals surface area contributed by atoms with Gasteiger partial charge in [0.1, 0.15) is 11.5 Å². The van der Waals surface area contributed by atoms with E-state index in [0.29, 0.717) is 18.8 Å². The fourth-order valence-corrected chi connectivity index (χ4v) is 2.25. The average molecular weight is 309 g/mol. The molecule has 1 saturated heterocycles. The molecule has 1 aliphatic rings. The highest BCUT2D eigenvalue weighted by atomic mass is 79.9. The van der Waals surface area contributed by atoms with Gasteiger partial charge in [0.2, 0.25) is 5.91 Å².